The summed E-state index contributed by atoms with van der Waals surface area (Å²) >= 11 is 5.65. The third-order valence-corrected chi connectivity index (χ3v) is 5.82. The average molecular weight is 443 g/mol. The van der Waals surface area contributed by atoms with Gasteiger partial charge in [-0.1, -0.05) is 0 Å². The fourth-order valence-electron chi connectivity index (χ4n) is 3.67. The zero-order chi connectivity index (χ0) is 21.8. The largest absolute Gasteiger partial charge is 0.497 e. The van der Waals surface area contributed by atoms with Crippen molar-refractivity contribution in [1.82, 2.24) is 19.2 Å². The predicted molar refractivity (Wildman–Crippen MR) is 119 cm³/mol. The van der Waals surface area contributed by atoms with Crippen LogP contribution in [0.2, 0.25) is 0 Å². The molecule has 4 rings (SSSR count). The minimum absolute atomic E-state index is 0.189. The van der Waals surface area contributed by atoms with Crippen molar-refractivity contribution in [3.63, 3.8) is 0 Å². The topological polar surface area (TPSA) is 94.7 Å². The summed E-state index contributed by atoms with van der Waals surface area (Å²) in [7, 11) is 1.67. The lowest BCUT2D eigenvalue weighted by Crippen LogP contribution is -2.47. The highest BCUT2D eigenvalue weighted by Gasteiger charge is 2.21. The van der Waals surface area contributed by atoms with Crippen LogP contribution in [0.25, 0.3) is 11.6 Å². The van der Waals surface area contributed by atoms with E-state index < -0.39 is 0 Å². The number of piperazine rings is 1. The Kier molecular flexibility index (Phi) is 6.38. The van der Waals surface area contributed by atoms with Crippen LogP contribution in [0, 0.1) is 4.77 Å². The Balaban J connectivity index is 1.45. The molecule has 0 atom stereocenters. The Bertz CT molecular complexity index is 1070. The summed E-state index contributed by atoms with van der Waals surface area (Å²) in [5, 5.41) is 4.68. The normalized spacial score (nSPS) is 14.7. The fourth-order valence-corrected chi connectivity index (χ4v) is 3.95. The SMILES string of the molecule is COc1ccc(N2CCN(Cn3nc(-c4ccco4)n(CCC(N)=O)c3=S)CC2)cc1. The number of nitrogens with zero attached hydrogens (tertiary/aromatic N) is 5. The summed E-state index contributed by atoms with van der Waals surface area (Å²) in [6.45, 7) is 4.54. The maximum atomic E-state index is 11.3. The van der Waals surface area contributed by atoms with Crippen LogP contribution in [0.15, 0.2) is 47.1 Å². The third-order valence-electron chi connectivity index (χ3n) is 5.39. The highest BCUT2D eigenvalue weighted by molar-refractivity contribution is 7.71. The van der Waals surface area contributed by atoms with Crippen molar-refractivity contribution in [2.45, 2.75) is 19.6 Å². The second-order valence-corrected chi connectivity index (χ2v) is 7.76. The number of primary amides is 1. The molecule has 31 heavy (non-hydrogen) atoms. The first-order chi connectivity index (χ1) is 15.0. The van der Waals surface area contributed by atoms with E-state index in [1.54, 1.807) is 24.1 Å². The molecule has 0 radical (unpaired) electrons. The molecular weight excluding hydrogens is 416 g/mol. The molecule has 1 fully saturated rings. The van der Waals surface area contributed by atoms with Gasteiger partial charge in [0.15, 0.2) is 16.4 Å². The molecule has 164 valence electrons. The van der Waals surface area contributed by atoms with Crippen LogP contribution in [0.1, 0.15) is 6.42 Å². The Morgan fingerprint density at radius 2 is 1.94 bits per heavy atom. The van der Waals surface area contributed by atoms with Gasteiger partial charge in [-0.2, -0.15) is 0 Å². The second kappa shape index (κ2) is 9.36. The van der Waals surface area contributed by atoms with Crippen molar-refractivity contribution in [3.8, 4) is 17.3 Å². The van der Waals surface area contributed by atoms with E-state index in [-0.39, 0.29) is 12.3 Å². The summed E-state index contributed by atoms with van der Waals surface area (Å²) < 4.78 is 14.9. The summed E-state index contributed by atoms with van der Waals surface area (Å²) in [6.07, 6.45) is 1.78. The molecule has 1 amide bonds. The summed E-state index contributed by atoms with van der Waals surface area (Å²) in [4.78, 5) is 16.0. The van der Waals surface area contributed by atoms with Crippen LogP contribution in [-0.4, -0.2) is 58.4 Å². The van der Waals surface area contributed by atoms with E-state index in [0.717, 1.165) is 31.9 Å². The van der Waals surface area contributed by atoms with E-state index >= 15 is 0 Å². The van der Waals surface area contributed by atoms with Crippen molar-refractivity contribution < 1.29 is 13.9 Å². The van der Waals surface area contributed by atoms with Gasteiger partial charge >= 0.3 is 0 Å². The number of furan rings is 1. The van der Waals surface area contributed by atoms with Gasteiger partial charge in [0, 0.05) is 44.8 Å². The molecule has 1 aliphatic heterocycles. The van der Waals surface area contributed by atoms with Crippen molar-refractivity contribution in [2.24, 2.45) is 5.73 Å². The molecule has 0 spiro atoms. The Labute approximate surface area is 185 Å². The lowest BCUT2D eigenvalue weighted by Gasteiger charge is -2.35. The Morgan fingerprint density at radius 1 is 1.19 bits per heavy atom. The zero-order valence-corrected chi connectivity index (χ0v) is 18.3. The van der Waals surface area contributed by atoms with Gasteiger partial charge in [-0.15, -0.1) is 5.10 Å². The molecular formula is C21H26N6O3S. The molecule has 0 saturated carbocycles. The van der Waals surface area contributed by atoms with Gasteiger partial charge in [-0.3, -0.25) is 14.3 Å². The first-order valence-electron chi connectivity index (χ1n) is 10.2. The predicted octanol–water partition coefficient (Wildman–Crippen LogP) is 2.34. The summed E-state index contributed by atoms with van der Waals surface area (Å²) in [5.41, 5.74) is 6.52. The van der Waals surface area contributed by atoms with Crippen molar-refractivity contribution in [1.29, 1.82) is 0 Å². The van der Waals surface area contributed by atoms with E-state index in [4.69, 9.17) is 27.1 Å². The fraction of sp³-hybridized carbons (Fsp3) is 0.381. The van der Waals surface area contributed by atoms with Gasteiger partial charge in [0.1, 0.15) is 5.75 Å². The number of carbonyl (C=O) groups excluding carboxylic acids is 1. The van der Waals surface area contributed by atoms with Gasteiger partial charge in [0.2, 0.25) is 5.91 Å². The zero-order valence-electron chi connectivity index (χ0n) is 17.4. The van der Waals surface area contributed by atoms with E-state index in [1.165, 1.54) is 5.69 Å². The van der Waals surface area contributed by atoms with E-state index in [9.17, 15) is 4.79 Å². The first-order valence-corrected chi connectivity index (χ1v) is 10.6. The number of aromatic nitrogens is 3. The minimum Gasteiger partial charge on any atom is -0.497 e. The highest BCUT2D eigenvalue weighted by Crippen LogP contribution is 2.22. The van der Waals surface area contributed by atoms with Gasteiger partial charge < -0.3 is 19.8 Å². The monoisotopic (exact) mass is 442 g/mol. The van der Waals surface area contributed by atoms with Gasteiger partial charge in [-0.25, -0.2) is 4.68 Å². The lowest BCUT2D eigenvalue weighted by molar-refractivity contribution is -0.118. The summed E-state index contributed by atoms with van der Waals surface area (Å²) in [6, 6.07) is 11.8. The molecule has 0 unspecified atom stereocenters. The van der Waals surface area contributed by atoms with E-state index in [1.807, 2.05) is 22.8 Å². The van der Waals surface area contributed by atoms with Crippen molar-refractivity contribution >= 4 is 23.8 Å². The summed E-state index contributed by atoms with van der Waals surface area (Å²) in [5.74, 6) is 1.69. The van der Waals surface area contributed by atoms with Crippen LogP contribution in [-0.2, 0) is 18.0 Å². The molecule has 1 aromatic carbocycles. The number of carbonyl (C=O) groups is 1. The number of nitrogens with two attached hydrogens (primary N) is 1. The molecule has 10 heteroatoms. The number of ether oxygens (including phenoxy) is 1. The van der Waals surface area contributed by atoms with Crippen molar-refractivity contribution in [2.75, 3.05) is 38.2 Å². The molecule has 1 aliphatic rings. The average Bonchev–Trinajstić information content (AvgIpc) is 3.42. The van der Waals surface area contributed by atoms with Crippen LogP contribution >= 0.6 is 12.2 Å². The van der Waals surface area contributed by atoms with Crippen LogP contribution in [0.3, 0.4) is 0 Å². The minimum atomic E-state index is -0.380. The molecule has 2 aromatic heterocycles. The maximum absolute atomic E-state index is 11.3. The Hall–Kier alpha value is -3.11. The molecule has 1 saturated heterocycles. The number of hydrogen-bond donors (Lipinski definition) is 1. The first kappa shape index (κ1) is 21.1. The molecule has 9 nitrogen and oxygen atoms in total. The van der Waals surface area contributed by atoms with Gasteiger partial charge in [0.25, 0.3) is 0 Å². The number of rotatable bonds is 8. The highest BCUT2D eigenvalue weighted by atomic mass is 32.1. The quantitative estimate of drug-likeness (QED) is 0.535. The molecule has 3 aromatic rings. The number of anilines is 1. The van der Waals surface area contributed by atoms with Crippen molar-refractivity contribution in [3.05, 3.63) is 47.4 Å². The van der Waals surface area contributed by atoms with Gasteiger partial charge in [-0.05, 0) is 48.6 Å². The second-order valence-electron chi connectivity index (χ2n) is 7.40. The molecule has 0 bridgehead atoms. The maximum Gasteiger partial charge on any atom is 0.219 e. The van der Waals surface area contributed by atoms with E-state index in [2.05, 4.69) is 27.0 Å². The number of hydrogen-bond acceptors (Lipinski definition) is 7. The number of amides is 1. The van der Waals surface area contributed by atoms with Crippen LogP contribution in [0.5, 0.6) is 5.75 Å². The van der Waals surface area contributed by atoms with E-state index in [0.29, 0.717) is 29.6 Å². The Morgan fingerprint density at radius 3 is 2.55 bits per heavy atom. The van der Waals surface area contributed by atoms with Crippen LogP contribution < -0.4 is 15.4 Å². The van der Waals surface area contributed by atoms with Gasteiger partial charge in [0.05, 0.1) is 20.0 Å². The molecule has 0 aliphatic carbocycles. The molecule has 3 heterocycles. The lowest BCUT2D eigenvalue weighted by atomic mass is 10.2. The number of benzene rings is 1. The third kappa shape index (κ3) is 4.80. The molecule has 2 N–H and O–H groups in total. The smallest absolute Gasteiger partial charge is 0.219 e. The number of methoxy groups -OCH3 is 1. The van der Waals surface area contributed by atoms with Crippen LogP contribution in [0.4, 0.5) is 5.69 Å². The standard InChI is InChI=1S/C21H26N6O3S/c1-29-17-6-4-16(5-7-17)25-12-10-24(11-13-25)15-27-21(31)26(9-8-19(22)28)20(23-27)18-3-2-14-30-18/h2-7,14H,8-13,15H2,1H3,(H2,22,28).